The Balaban J connectivity index is 3.16. The highest BCUT2D eigenvalue weighted by Gasteiger charge is 2.19. The van der Waals surface area contributed by atoms with E-state index in [0.717, 1.165) is 0 Å². The molecule has 0 saturated heterocycles. The molecule has 5 nitrogen and oxygen atoms in total. The minimum absolute atomic E-state index is 0.0636. The van der Waals surface area contributed by atoms with Crippen molar-refractivity contribution in [1.82, 2.24) is 0 Å². The number of nitrogens with two attached hydrogens (primary N) is 1. The topological polar surface area (TPSA) is 81.8 Å². The summed E-state index contributed by atoms with van der Waals surface area (Å²) in [4.78, 5) is 11.2. The van der Waals surface area contributed by atoms with E-state index >= 15 is 0 Å². The van der Waals surface area contributed by atoms with Crippen LogP contribution in [0.15, 0.2) is 12.1 Å². The highest BCUT2D eigenvalue weighted by molar-refractivity contribution is 6.32. The molecule has 0 aromatic heterocycles. The van der Waals surface area contributed by atoms with Gasteiger partial charge in [-0.1, -0.05) is 11.6 Å². The molecule has 88 valence electrons. The number of esters is 1. The van der Waals surface area contributed by atoms with Crippen LogP contribution in [-0.4, -0.2) is 25.3 Å². The average Bonchev–Trinajstić information content (AvgIpc) is 2.30. The van der Waals surface area contributed by atoms with Gasteiger partial charge in [0.05, 0.1) is 19.2 Å². The SMILES string of the molecule is COC(=O)[C@H](N)c1cc(Cl)c(O)c(OC)c1. The second-order valence-electron chi connectivity index (χ2n) is 3.05. The maximum atomic E-state index is 11.2. The van der Waals surface area contributed by atoms with Crippen molar-refractivity contribution >= 4 is 17.6 Å². The van der Waals surface area contributed by atoms with Crippen molar-refractivity contribution in [1.29, 1.82) is 0 Å². The van der Waals surface area contributed by atoms with Crippen LogP contribution < -0.4 is 10.5 Å². The molecule has 3 N–H and O–H groups in total. The summed E-state index contributed by atoms with van der Waals surface area (Å²) in [6.07, 6.45) is 0. The summed E-state index contributed by atoms with van der Waals surface area (Å²) in [5, 5.41) is 9.55. The normalized spacial score (nSPS) is 12.0. The van der Waals surface area contributed by atoms with Crippen LogP contribution in [0.5, 0.6) is 11.5 Å². The van der Waals surface area contributed by atoms with Crippen LogP contribution in [0.1, 0.15) is 11.6 Å². The van der Waals surface area contributed by atoms with Gasteiger partial charge in [0.15, 0.2) is 11.5 Å². The molecular weight excluding hydrogens is 234 g/mol. The van der Waals surface area contributed by atoms with E-state index in [1.807, 2.05) is 0 Å². The van der Waals surface area contributed by atoms with Crippen molar-refractivity contribution in [2.45, 2.75) is 6.04 Å². The quantitative estimate of drug-likeness (QED) is 0.783. The van der Waals surface area contributed by atoms with Crippen LogP contribution in [0.2, 0.25) is 5.02 Å². The highest BCUT2D eigenvalue weighted by atomic mass is 35.5. The van der Waals surface area contributed by atoms with Gasteiger partial charge in [-0.3, -0.25) is 4.79 Å². The van der Waals surface area contributed by atoms with Crippen LogP contribution in [0, 0.1) is 0 Å². The number of methoxy groups -OCH3 is 2. The van der Waals surface area contributed by atoms with E-state index in [0.29, 0.717) is 5.56 Å². The summed E-state index contributed by atoms with van der Waals surface area (Å²) in [6, 6.07) is 1.86. The first-order valence-electron chi connectivity index (χ1n) is 4.41. The van der Waals surface area contributed by atoms with Gasteiger partial charge in [-0.2, -0.15) is 0 Å². The number of benzene rings is 1. The second kappa shape index (κ2) is 5.05. The summed E-state index contributed by atoms with van der Waals surface area (Å²) in [6.45, 7) is 0. The van der Waals surface area contributed by atoms with Crippen molar-refractivity contribution in [3.05, 3.63) is 22.7 Å². The number of phenols is 1. The fraction of sp³-hybridized carbons (Fsp3) is 0.300. The predicted molar refractivity (Wildman–Crippen MR) is 58.6 cm³/mol. The van der Waals surface area contributed by atoms with Gasteiger partial charge in [-0.05, 0) is 17.7 Å². The Labute approximate surface area is 97.7 Å². The van der Waals surface area contributed by atoms with Crippen LogP contribution in [0.25, 0.3) is 0 Å². The van der Waals surface area contributed by atoms with Gasteiger partial charge >= 0.3 is 5.97 Å². The molecule has 0 radical (unpaired) electrons. The molecule has 0 amide bonds. The Morgan fingerprint density at radius 3 is 2.62 bits per heavy atom. The lowest BCUT2D eigenvalue weighted by Crippen LogP contribution is -2.22. The Bertz CT molecular complexity index is 408. The number of phenolic OH excluding ortho intramolecular Hbond substituents is 1. The van der Waals surface area contributed by atoms with Gasteiger partial charge < -0.3 is 20.3 Å². The minimum Gasteiger partial charge on any atom is -0.503 e. The molecule has 1 atom stereocenters. The molecule has 0 fully saturated rings. The molecule has 1 aromatic carbocycles. The average molecular weight is 246 g/mol. The molecule has 1 rings (SSSR count). The van der Waals surface area contributed by atoms with Crippen molar-refractivity contribution in [3.63, 3.8) is 0 Å². The molecule has 0 aliphatic rings. The van der Waals surface area contributed by atoms with E-state index in [4.69, 9.17) is 22.1 Å². The van der Waals surface area contributed by atoms with Gasteiger partial charge in [0.2, 0.25) is 0 Å². The van der Waals surface area contributed by atoms with Crippen molar-refractivity contribution in [3.8, 4) is 11.5 Å². The van der Waals surface area contributed by atoms with Crippen molar-refractivity contribution in [2.75, 3.05) is 14.2 Å². The van der Waals surface area contributed by atoms with Crippen molar-refractivity contribution in [2.24, 2.45) is 5.73 Å². The van der Waals surface area contributed by atoms with E-state index < -0.39 is 12.0 Å². The summed E-state index contributed by atoms with van der Waals surface area (Å²) in [5.41, 5.74) is 6.03. The number of ether oxygens (including phenoxy) is 2. The first kappa shape index (κ1) is 12.6. The highest BCUT2D eigenvalue weighted by Crippen LogP contribution is 2.36. The smallest absolute Gasteiger partial charge is 0.327 e. The Morgan fingerprint density at radius 1 is 1.50 bits per heavy atom. The number of aromatic hydroxyl groups is 1. The maximum absolute atomic E-state index is 11.2. The number of hydrogen-bond donors (Lipinski definition) is 2. The lowest BCUT2D eigenvalue weighted by Gasteiger charge is -2.12. The van der Waals surface area contributed by atoms with Gasteiger partial charge in [0.25, 0.3) is 0 Å². The van der Waals surface area contributed by atoms with E-state index in [1.165, 1.54) is 26.4 Å². The molecule has 0 saturated carbocycles. The number of carbonyl (C=O) groups is 1. The molecule has 16 heavy (non-hydrogen) atoms. The second-order valence-corrected chi connectivity index (χ2v) is 3.46. The molecule has 0 aliphatic carbocycles. The lowest BCUT2D eigenvalue weighted by atomic mass is 10.1. The molecule has 0 bridgehead atoms. The molecule has 0 unspecified atom stereocenters. The van der Waals surface area contributed by atoms with Crippen molar-refractivity contribution < 1.29 is 19.4 Å². The first-order valence-corrected chi connectivity index (χ1v) is 4.78. The summed E-state index contributed by atoms with van der Waals surface area (Å²) in [7, 11) is 2.61. The third-order valence-corrected chi connectivity index (χ3v) is 2.37. The minimum atomic E-state index is -0.961. The standard InChI is InChI=1S/C10H12ClNO4/c1-15-7-4-5(3-6(11)9(7)13)8(12)10(14)16-2/h3-4,8,13H,12H2,1-2H3/t8-/m1/s1. The zero-order valence-corrected chi connectivity index (χ0v) is 9.62. The fourth-order valence-corrected chi connectivity index (χ4v) is 1.41. The van der Waals surface area contributed by atoms with Crippen LogP contribution in [-0.2, 0) is 9.53 Å². The van der Waals surface area contributed by atoms with E-state index in [2.05, 4.69) is 4.74 Å². The van der Waals surface area contributed by atoms with Gasteiger partial charge in [0.1, 0.15) is 6.04 Å². The number of carbonyl (C=O) groups excluding carboxylic acids is 1. The lowest BCUT2D eigenvalue weighted by molar-refractivity contribution is -0.142. The maximum Gasteiger partial charge on any atom is 0.327 e. The third kappa shape index (κ3) is 2.37. The molecule has 0 aliphatic heterocycles. The van der Waals surface area contributed by atoms with E-state index in [-0.39, 0.29) is 16.5 Å². The number of halogens is 1. The Kier molecular flexibility index (Phi) is 3.98. The van der Waals surface area contributed by atoms with Gasteiger partial charge in [0, 0.05) is 0 Å². The Hall–Kier alpha value is -1.46. The van der Waals surface area contributed by atoms with Crippen LogP contribution >= 0.6 is 11.6 Å². The summed E-state index contributed by atoms with van der Waals surface area (Å²) >= 11 is 5.75. The summed E-state index contributed by atoms with van der Waals surface area (Å²) < 4.78 is 9.39. The third-order valence-electron chi connectivity index (χ3n) is 2.08. The summed E-state index contributed by atoms with van der Waals surface area (Å²) in [5.74, 6) is -0.629. The molecular formula is C10H12ClNO4. The monoisotopic (exact) mass is 245 g/mol. The van der Waals surface area contributed by atoms with Crippen LogP contribution in [0.3, 0.4) is 0 Å². The zero-order chi connectivity index (χ0) is 12.3. The number of rotatable bonds is 3. The van der Waals surface area contributed by atoms with Gasteiger partial charge in [-0.15, -0.1) is 0 Å². The number of hydrogen-bond acceptors (Lipinski definition) is 5. The van der Waals surface area contributed by atoms with Gasteiger partial charge in [-0.25, -0.2) is 0 Å². The molecule has 0 spiro atoms. The van der Waals surface area contributed by atoms with E-state index in [9.17, 15) is 9.90 Å². The predicted octanol–water partition coefficient (Wildman–Crippen LogP) is 1.23. The molecule has 1 aromatic rings. The van der Waals surface area contributed by atoms with E-state index in [1.54, 1.807) is 0 Å². The largest absolute Gasteiger partial charge is 0.503 e. The van der Waals surface area contributed by atoms with Crippen LogP contribution in [0.4, 0.5) is 0 Å². The Morgan fingerprint density at radius 2 is 2.12 bits per heavy atom. The molecule has 6 heteroatoms. The molecule has 0 heterocycles. The fourth-order valence-electron chi connectivity index (χ4n) is 1.19. The zero-order valence-electron chi connectivity index (χ0n) is 8.86. The first-order chi connectivity index (χ1) is 7.51.